The molecule has 1 amide bonds. The Morgan fingerprint density at radius 3 is 2.88 bits per heavy atom. The number of hydrogen-bond acceptors (Lipinski definition) is 3. The summed E-state index contributed by atoms with van der Waals surface area (Å²) in [6, 6.07) is 7.55. The normalized spacial score (nSPS) is 10.1. The van der Waals surface area contributed by atoms with Gasteiger partial charge < -0.3 is 15.4 Å². The molecule has 0 aliphatic carbocycles. The first-order valence-corrected chi connectivity index (χ1v) is 5.21. The van der Waals surface area contributed by atoms with E-state index in [0.717, 1.165) is 11.3 Å². The molecule has 1 aromatic carbocycles. The van der Waals surface area contributed by atoms with Crippen molar-refractivity contribution < 1.29 is 9.53 Å². The molecule has 0 saturated carbocycles. The highest BCUT2D eigenvalue weighted by Crippen LogP contribution is 2.09. The number of carbonyl (C=O) groups is 1. The zero-order chi connectivity index (χ0) is 12.0. The van der Waals surface area contributed by atoms with Crippen LogP contribution >= 0.6 is 0 Å². The molecule has 88 valence electrons. The van der Waals surface area contributed by atoms with Gasteiger partial charge in [-0.2, -0.15) is 0 Å². The van der Waals surface area contributed by atoms with Crippen molar-refractivity contribution in [2.75, 3.05) is 26.5 Å². The zero-order valence-electron chi connectivity index (χ0n) is 9.77. The molecule has 4 nitrogen and oxygen atoms in total. The minimum Gasteiger partial charge on any atom is -0.399 e. The molecule has 0 aliphatic rings. The van der Waals surface area contributed by atoms with E-state index in [2.05, 4.69) is 0 Å². The minimum atomic E-state index is 0.0734. The van der Waals surface area contributed by atoms with Gasteiger partial charge in [-0.15, -0.1) is 0 Å². The Bertz CT molecular complexity index is 353. The number of anilines is 1. The molecular weight excluding hydrogens is 204 g/mol. The molecule has 16 heavy (non-hydrogen) atoms. The lowest BCUT2D eigenvalue weighted by Gasteiger charge is -2.17. The van der Waals surface area contributed by atoms with Gasteiger partial charge in [-0.1, -0.05) is 12.1 Å². The van der Waals surface area contributed by atoms with E-state index < -0.39 is 0 Å². The number of nitrogens with zero attached hydrogens (tertiary/aromatic N) is 1. The van der Waals surface area contributed by atoms with Crippen molar-refractivity contribution in [3.05, 3.63) is 29.8 Å². The van der Waals surface area contributed by atoms with Crippen LogP contribution in [0.2, 0.25) is 0 Å². The van der Waals surface area contributed by atoms with Crippen LogP contribution in [-0.2, 0) is 16.1 Å². The van der Waals surface area contributed by atoms with E-state index in [0.29, 0.717) is 19.6 Å². The van der Waals surface area contributed by atoms with E-state index in [4.69, 9.17) is 10.5 Å². The Labute approximate surface area is 96.0 Å². The summed E-state index contributed by atoms with van der Waals surface area (Å²) in [6.45, 7) is 1.04. The Hall–Kier alpha value is -1.55. The summed E-state index contributed by atoms with van der Waals surface area (Å²) in [5.74, 6) is 0.0734. The smallest absolute Gasteiger partial charge is 0.224 e. The van der Waals surface area contributed by atoms with Crippen LogP contribution in [-0.4, -0.2) is 31.6 Å². The molecule has 0 fully saturated rings. The number of carbonyl (C=O) groups excluding carboxylic acids is 1. The highest BCUT2D eigenvalue weighted by Gasteiger charge is 2.08. The Morgan fingerprint density at radius 2 is 2.25 bits per heavy atom. The predicted molar refractivity (Wildman–Crippen MR) is 63.8 cm³/mol. The highest BCUT2D eigenvalue weighted by molar-refractivity contribution is 5.76. The van der Waals surface area contributed by atoms with Gasteiger partial charge in [-0.25, -0.2) is 0 Å². The summed E-state index contributed by atoms with van der Waals surface area (Å²) in [5, 5.41) is 0. The molecule has 0 unspecified atom stereocenters. The standard InChI is InChI=1S/C12H18N2O2/c1-14(12(15)6-7-16-2)9-10-4-3-5-11(13)8-10/h3-5,8H,6-7,9,13H2,1-2H3. The van der Waals surface area contributed by atoms with Gasteiger partial charge in [0.1, 0.15) is 0 Å². The van der Waals surface area contributed by atoms with E-state index in [1.165, 1.54) is 0 Å². The third-order valence-electron chi connectivity index (χ3n) is 2.32. The van der Waals surface area contributed by atoms with Crippen LogP contribution in [0, 0.1) is 0 Å². The number of nitrogens with two attached hydrogens (primary N) is 1. The average Bonchev–Trinajstić information content (AvgIpc) is 2.25. The van der Waals surface area contributed by atoms with Crippen molar-refractivity contribution in [2.24, 2.45) is 0 Å². The van der Waals surface area contributed by atoms with Gasteiger partial charge in [-0.3, -0.25) is 4.79 Å². The summed E-state index contributed by atoms with van der Waals surface area (Å²) in [7, 11) is 3.37. The van der Waals surface area contributed by atoms with Gasteiger partial charge in [0.25, 0.3) is 0 Å². The average molecular weight is 222 g/mol. The molecular formula is C12H18N2O2. The third kappa shape index (κ3) is 3.90. The first kappa shape index (κ1) is 12.5. The minimum absolute atomic E-state index is 0.0734. The molecule has 1 rings (SSSR count). The number of rotatable bonds is 5. The summed E-state index contributed by atoms with van der Waals surface area (Å²) in [5.41, 5.74) is 7.42. The van der Waals surface area contributed by atoms with Crippen LogP contribution in [0.4, 0.5) is 5.69 Å². The third-order valence-corrected chi connectivity index (χ3v) is 2.32. The molecule has 0 atom stereocenters. The van der Waals surface area contributed by atoms with Crippen molar-refractivity contribution in [1.29, 1.82) is 0 Å². The van der Waals surface area contributed by atoms with Gasteiger partial charge in [0, 0.05) is 26.4 Å². The second-order valence-electron chi connectivity index (χ2n) is 3.74. The monoisotopic (exact) mass is 222 g/mol. The number of ether oxygens (including phenoxy) is 1. The molecule has 0 aliphatic heterocycles. The van der Waals surface area contributed by atoms with Gasteiger partial charge in [0.2, 0.25) is 5.91 Å². The van der Waals surface area contributed by atoms with E-state index in [9.17, 15) is 4.79 Å². The van der Waals surface area contributed by atoms with Crippen molar-refractivity contribution >= 4 is 11.6 Å². The van der Waals surface area contributed by atoms with Crippen molar-refractivity contribution in [3.63, 3.8) is 0 Å². The second kappa shape index (κ2) is 6.12. The lowest BCUT2D eigenvalue weighted by molar-refractivity contribution is -0.131. The lowest BCUT2D eigenvalue weighted by atomic mass is 10.2. The SMILES string of the molecule is COCCC(=O)N(C)Cc1cccc(N)c1. The molecule has 0 radical (unpaired) electrons. The van der Waals surface area contributed by atoms with Gasteiger partial charge in [0.15, 0.2) is 0 Å². The highest BCUT2D eigenvalue weighted by atomic mass is 16.5. The van der Waals surface area contributed by atoms with Crippen LogP contribution < -0.4 is 5.73 Å². The van der Waals surface area contributed by atoms with Gasteiger partial charge >= 0.3 is 0 Å². The summed E-state index contributed by atoms with van der Waals surface area (Å²) >= 11 is 0. The summed E-state index contributed by atoms with van der Waals surface area (Å²) in [4.78, 5) is 13.3. The number of benzene rings is 1. The van der Waals surface area contributed by atoms with E-state index >= 15 is 0 Å². The first-order valence-electron chi connectivity index (χ1n) is 5.21. The maximum absolute atomic E-state index is 11.6. The molecule has 1 aromatic rings. The Morgan fingerprint density at radius 1 is 1.50 bits per heavy atom. The van der Waals surface area contributed by atoms with Crippen molar-refractivity contribution in [2.45, 2.75) is 13.0 Å². The van der Waals surface area contributed by atoms with Crippen LogP contribution in [0.15, 0.2) is 24.3 Å². The molecule has 0 heterocycles. The topological polar surface area (TPSA) is 55.6 Å². The fourth-order valence-corrected chi connectivity index (χ4v) is 1.43. The largest absolute Gasteiger partial charge is 0.399 e. The molecule has 2 N–H and O–H groups in total. The first-order chi connectivity index (χ1) is 7.63. The lowest BCUT2D eigenvalue weighted by Crippen LogP contribution is -2.26. The molecule has 4 heteroatoms. The van der Waals surface area contributed by atoms with Crippen LogP contribution in [0.1, 0.15) is 12.0 Å². The second-order valence-corrected chi connectivity index (χ2v) is 3.74. The van der Waals surface area contributed by atoms with Crippen LogP contribution in [0.5, 0.6) is 0 Å². The van der Waals surface area contributed by atoms with Crippen molar-refractivity contribution in [3.8, 4) is 0 Å². The molecule has 0 bridgehead atoms. The van der Waals surface area contributed by atoms with Crippen LogP contribution in [0.3, 0.4) is 0 Å². The van der Waals surface area contributed by atoms with E-state index in [1.54, 1.807) is 19.1 Å². The number of hydrogen-bond donors (Lipinski definition) is 1. The maximum atomic E-state index is 11.6. The summed E-state index contributed by atoms with van der Waals surface area (Å²) in [6.07, 6.45) is 0.412. The maximum Gasteiger partial charge on any atom is 0.224 e. The predicted octanol–water partition coefficient (Wildman–Crippen LogP) is 1.26. The zero-order valence-corrected chi connectivity index (χ0v) is 9.77. The molecule has 0 spiro atoms. The van der Waals surface area contributed by atoms with Crippen LogP contribution in [0.25, 0.3) is 0 Å². The van der Waals surface area contributed by atoms with Gasteiger partial charge in [0.05, 0.1) is 13.0 Å². The van der Waals surface area contributed by atoms with Gasteiger partial charge in [-0.05, 0) is 17.7 Å². The van der Waals surface area contributed by atoms with E-state index in [-0.39, 0.29) is 5.91 Å². The number of nitrogen functional groups attached to an aromatic ring is 1. The summed E-state index contributed by atoms with van der Waals surface area (Å²) < 4.78 is 4.86. The quantitative estimate of drug-likeness (QED) is 0.763. The Kier molecular flexibility index (Phi) is 4.79. The fourth-order valence-electron chi connectivity index (χ4n) is 1.43. The van der Waals surface area contributed by atoms with Crippen molar-refractivity contribution in [1.82, 2.24) is 4.90 Å². The molecule has 0 saturated heterocycles. The fraction of sp³-hybridized carbons (Fsp3) is 0.417. The number of amides is 1. The molecule has 0 aromatic heterocycles. The van der Waals surface area contributed by atoms with E-state index in [1.807, 2.05) is 24.3 Å². The number of methoxy groups -OCH3 is 1. The Balaban J connectivity index is 2.50.